The van der Waals surface area contributed by atoms with E-state index < -0.39 is 0 Å². The van der Waals surface area contributed by atoms with Crippen LogP contribution in [0.25, 0.3) is 0 Å². The van der Waals surface area contributed by atoms with Gasteiger partial charge in [-0.25, -0.2) is 4.98 Å². The van der Waals surface area contributed by atoms with Gasteiger partial charge in [0.25, 0.3) is 5.91 Å². The molecular weight excluding hydrogens is 353 g/mol. The van der Waals surface area contributed by atoms with Gasteiger partial charge in [-0.1, -0.05) is 23.2 Å². The van der Waals surface area contributed by atoms with Gasteiger partial charge in [0.05, 0.1) is 16.4 Å². The van der Waals surface area contributed by atoms with Gasteiger partial charge < -0.3 is 11.1 Å². The highest BCUT2D eigenvalue weighted by Crippen LogP contribution is 2.23. The number of benzene rings is 1. The summed E-state index contributed by atoms with van der Waals surface area (Å²) in [5.74, 6) is -0.328. The van der Waals surface area contributed by atoms with Crippen molar-refractivity contribution < 1.29 is 4.79 Å². The Balaban J connectivity index is 2.22. The molecule has 7 heteroatoms. The maximum atomic E-state index is 12.0. The minimum absolute atomic E-state index is 0.324. The van der Waals surface area contributed by atoms with Crippen molar-refractivity contribution in [3.05, 3.63) is 50.7 Å². The number of amides is 1. The molecule has 1 aromatic heterocycles. The number of halogens is 3. The van der Waals surface area contributed by atoms with E-state index in [9.17, 15) is 4.79 Å². The predicted molar refractivity (Wildman–Crippen MR) is 80.8 cm³/mol. The summed E-state index contributed by atoms with van der Waals surface area (Å²) in [4.78, 5) is 15.9. The second-order valence-electron chi connectivity index (χ2n) is 3.72. The lowest BCUT2D eigenvalue weighted by molar-refractivity contribution is 0.102. The van der Waals surface area contributed by atoms with E-state index >= 15 is 0 Å². The van der Waals surface area contributed by atoms with Gasteiger partial charge in [0.15, 0.2) is 0 Å². The molecule has 0 spiro atoms. The van der Waals surface area contributed by atoms with Crippen molar-refractivity contribution in [1.29, 1.82) is 0 Å². The van der Waals surface area contributed by atoms with Gasteiger partial charge in [-0.15, -0.1) is 0 Å². The van der Waals surface area contributed by atoms with Crippen LogP contribution in [0.5, 0.6) is 0 Å². The van der Waals surface area contributed by atoms with Crippen LogP contribution in [-0.4, -0.2) is 10.9 Å². The Morgan fingerprint density at radius 3 is 2.63 bits per heavy atom. The molecule has 0 saturated heterocycles. The Hall–Kier alpha value is -1.30. The number of hydrogen-bond acceptors (Lipinski definition) is 3. The van der Waals surface area contributed by atoms with E-state index in [1.165, 1.54) is 12.3 Å². The SMILES string of the molecule is Nc1cc(Cl)cc(C(=O)Nc2cnc(Cl)c(Br)c2)c1. The van der Waals surface area contributed by atoms with E-state index in [1.807, 2.05) is 0 Å². The second kappa shape index (κ2) is 5.77. The van der Waals surface area contributed by atoms with Crippen molar-refractivity contribution in [3.63, 3.8) is 0 Å². The van der Waals surface area contributed by atoms with Crippen molar-refractivity contribution >= 4 is 56.4 Å². The van der Waals surface area contributed by atoms with Gasteiger partial charge in [-0.2, -0.15) is 0 Å². The molecule has 0 unspecified atom stereocenters. The Labute approximate surface area is 128 Å². The molecule has 0 aliphatic rings. The van der Waals surface area contributed by atoms with Crippen LogP contribution in [0, 0.1) is 0 Å². The number of nitrogens with one attached hydrogen (secondary N) is 1. The first-order valence-electron chi connectivity index (χ1n) is 5.14. The van der Waals surface area contributed by atoms with E-state index in [-0.39, 0.29) is 5.91 Å². The molecule has 0 atom stereocenters. The molecule has 2 rings (SSSR count). The van der Waals surface area contributed by atoms with Gasteiger partial charge in [-0.05, 0) is 40.2 Å². The number of nitrogens with two attached hydrogens (primary N) is 1. The number of aromatic nitrogens is 1. The third-order valence-corrected chi connectivity index (χ3v) is 3.59. The van der Waals surface area contributed by atoms with Crippen molar-refractivity contribution in [2.75, 3.05) is 11.1 Å². The van der Waals surface area contributed by atoms with Gasteiger partial charge >= 0.3 is 0 Å². The third-order valence-electron chi connectivity index (χ3n) is 2.24. The Bertz CT molecular complexity index is 629. The zero-order valence-electron chi connectivity index (χ0n) is 9.45. The molecule has 0 bridgehead atoms. The van der Waals surface area contributed by atoms with E-state index in [4.69, 9.17) is 28.9 Å². The molecule has 1 amide bonds. The Morgan fingerprint density at radius 2 is 2.00 bits per heavy atom. The molecule has 0 aliphatic carbocycles. The number of carbonyl (C=O) groups excluding carboxylic acids is 1. The Morgan fingerprint density at radius 1 is 1.26 bits per heavy atom. The maximum Gasteiger partial charge on any atom is 0.255 e. The first-order valence-corrected chi connectivity index (χ1v) is 6.69. The number of nitrogens with zero attached hydrogens (tertiary/aromatic N) is 1. The summed E-state index contributed by atoms with van der Waals surface area (Å²) in [6.07, 6.45) is 1.46. The second-order valence-corrected chi connectivity index (χ2v) is 5.37. The average molecular weight is 361 g/mol. The summed E-state index contributed by atoms with van der Waals surface area (Å²) in [6.45, 7) is 0. The van der Waals surface area contributed by atoms with Gasteiger partial charge in [0, 0.05) is 16.3 Å². The minimum atomic E-state index is -0.328. The van der Waals surface area contributed by atoms with Gasteiger partial charge in [0.1, 0.15) is 5.15 Å². The van der Waals surface area contributed by atoms with Crippen molar-refractivity contribution in [1.82, 2.24) is 4.98 Å². The molecule has 4 nitrogen and oxygen atoms in total. The first kappa shape index (κ1) is 14.1. The van der Waals surface area contributed by atoms with Crippen LogP contribution in [-0.2, 0) is 0 Å². The van der Waals surface area contributed by atoms with Crippen molar-refractivity contribution in [3.8, 4) is 0 Å². The van der Waals surface area contributed by atoms with E-state index in [0.29, 0.717) is 31.6 Å². The van der Waals surface area contributed by atoms with Crippen LogP contribution in [0.3, 0.4) is 0 Å². The summed E-state index contributed by atoms with van der Waals surface area (Å²) >= 11 is 14.8. The molecule has 98 valence electrons. The van der Waals surface area contributed by atoms with Gasteiger partial charge in [0.2, 0.25) is 0 Å². The molecule has 2 aromatic rings. The quantitative estimate of drug-likeness (QED) is 0.628. The van der Waals surface area contributed by atoms with Crippen molar-refractivity contribution in [2.45, 2.75) is 0 Å². The normalized spacial score (nSPS) is 10.3. The summed E-state index contributed by atoms with van der Waals surface area (Å²) in [7, 11) is 0. The first-order chi connectivity index (χ1) is 8.95. The number of anilines is 2. The summed E-state index contributed by atoms with van der Waals surface area (Å²) in [5, 5.41) is 3.40. The lowest BCUT2D eigenvalue weighted by atomic mass is 10.2. The lowest BCUT2D eigenvalue weighted by Crippen LogP contribution is -2.12. The fourth-order valence-corrected chi connectivity index (χ4v) is 2.13. The number of hydrogen-bond donors (Lipinski definition) is 2. The van der Waals surface area contributed by atoms with Crippen LogP contribution in [0.15, 0.2) is 34.9 Å². The van der Waals surface area contributed by atoms with Crippen LogP contribution < -0.4 is 11.1 Å². The van der Waals surface area contributed by atoms with Crippen LogP contribution in [0.1, 0.15) is 10.4 Å². The highest BCUT2D eigenvalue weighted by Gasteiger charge is 2.09. The van der Waals surface area contributed by atoms with Crippen LogP contribution in [0.4, 0.5) is 11.4 Å². The highest BCUT2D eigenvalue weighted by atomic mass is 79.9. The Kier molecular flexibility index (Phi) is 4.29. The summed E-state index contributed by atoms with van der Waals surface area (Å²) < 4.78 is 0.595. The molecule has 1 heterocycles. The zero-order chi connectivity index (χ0) is 14.0. The monoisotopic (exact) mass is 359 g/mol. The number of rotatable bonds is 2. The fourth-order valence-electron chi connectivity index (χ4n) is 1.44. The number of nitrogen functional groups attached to an aromatic ring is 1. The fraction of sp³-hybridized carbons (Fsp3) is 0. The predicted octanol–water partition coefficient (Wildman–Crippen LogP) is 3.99. The van der Waals surface area contributed by atoms with Crippen LogP contribution in [0.2, 0.25) is 10.2 Å². The number of carbonyl (C=O) groups is 1. The molecule has 0 saturated carbocycles. The van der Waals surface area contributed by atoms with E-state index in [1.54, 1.807) is 18.2 Å². The van der Waals surface area contributed by atoms with Gasteiger partial charge in [-0.3, -0.25) is 4.79 Å². The minimum Gasteiger partial charge on any atom is -0.399 e. The third kappa shape index (κ3) is 3.59. The maximum absolute atomic E-state index is 12.0. The smallest absolute Gasteiger partial charge is 0.255 e. The summed E-state index contributed by atoms with van der Waals surface area (Å²) in [6, 6.07) is 6.30. The molecular formula is C12H8BrCl2N3O. The topological polar surface area (TPSA) is 68.0 Å². The molecule has 3 N–H and O–H groups in total. The van der Waals surface area contributed by atoms with Crippen molar-refractivity contribution in [2.24, 2.45) is 0 Å². The summed E-state index contributed by atoms with van der Waals surface area (Å²) in [5.41, 5.74) is 6.94. The molecule has 1 aromatic carbocycles. The van der Waals surface area contributed by atoms with E-state index in [0.717, 1.165) is 0 Å². The van der Waals surface area contributed by atoms with Crippen LogP contribution >= 0.6 is 39.1 Å². The highest BCUT2D eigenvalue weighted by molar-refractivity contribution is 9.10. The lowest BCUT2D eigenvalue weighted by Gasteiger charge is -2.07. The largest absolute Gasteiger partial charge is 0.399 e. The molecule has 0 fully saturated rings. The zero-order valence-corrected chi connectivity index (χ0v) is 12.6. The molecule has 0 radical (unpaired) electrons. The van der Waals surface area contributed by atoms with E-state index in [2.05, 4.69) is 26.2 Å². The molecule has 0 aliphatic heterocycles. The molecule has 19 heavy (non-hydrogen) atoms. The number of pyridine rings is 1. The standard InChI is InChI=1S/C12H8BrCl2N3O/c13-10-4-9(5-17-11(10)15)18-12(19)6-1-7(14)3-8(16)2-6/h1-5H,16H2,(H,18,19). The average Bonchev–Trinajstić information content (AvgIpc) is 2.32.